The van der Waals surface area contributed by atoms with Gasteiger partial charge in [-0.05, 0) is 59.0 Å². The van der Waals surface area contributed by atoms with E-state index in [0.717, 1.165) is 38.9 Å². The average molecular weight is 465 g/mol. The number of methoxy groups -OCH3 is 1. The van der Waals surface area contributed by atoms with Gasteiger partial charge in [0.2, 0.25) is 0 Å². The molecular formula is C25H28N4O3S. The third-order valence-electron chi connectivity index (χ3n) is 5.63. The van der Waals surface area contributed by atoms with Gasteiger partial charge in [-0.2, -0.15) is 12.7 Å². The molecule has 0 radical (unpaired) electrons. The molecule has 0 bridgehead atoms. The number of hydrogen-bond donors (Lipinski definition) is 1. The summed E-state index contributed by atoms with van der Waals surface area (Å²) in [6.45, 7) is 1.00. The summed E-state index contributed by atoms with van der Waals surface area (Å²) in [6.07, 6.45) is 6.28. The first-order valence-corrected chi connectivity index (χ1v) is 12.1. The number of nitrogens with one attached hydrogen (secondary N) is 1. The molecule has 1 N–H and O–H groups in total. The van der Waals surface area contributed by atoms with Gasteiger partial charge in [0.25, 0.3) is 10.2 Å². The van der Waals surface area contributed by atoms with Crippen LogP contribution in [0.5, 0.6) is 5.75 Å². The molecule has 8 heteroatoms. The highest BCUT2D eigenvalue weighted by atomic mass is 32.2. The maximum Gasteiger partial charge on any atom is 0.278 e. The Hall–Kier alpha value is -3.20. The van der Waals surface area contributed by atoms with Gasteiger partial charge in [0.15, 0.2) is 0 Å². The molecule has 7 nitrogen and oxygen atoms in total. The minimum Gasteiger partial charge on any atom is -0.497 e. The predicted molar refractivity (Wildman–Crippen MR) is 132 cm³/mol. The van der Waals surface area contributed by atoms with Crippen molar-refractivity contribution in [3.63, 3.8) is 0 Å². The Kier molecular flexibility index (Phi) is 6.78. The molecule has 2 aromatic heterocycles. The van der Waals surface area contributed by atoms with E-state index in [4.69, 9.17) is 4.74 Å². The quantitative estimate of drug-likeness (QED) is 0.410. The monoisotopic (exact) mass is 464 g/mol. The van der Waals surface area contributed by atoms with Crippen molar-refractivity contribution in [2.75, 3.05) is 27.7 Å². The summed E-state index contributed by atoms with van der Waals surface area (Å²) >= 11 is 0. The minimum absolute atomic E-state index is 0.324. The first-order valence-electron chi connectivity index (χ1n) is 10.7. The molecule has 0 saturated heterocycles. The third kappa shape index (κ3) is 5.24. The van der Waals surface area contributed by atoms with E-state index in [9.17, 15) is 8.42 Å². The van der Waals surface area contributed by atoms with Crippen LogP contribution in [0.15, 0.2) is 73.2 Å². The molecule has 0 fully saturated rings. The van der Waals surface area contributed by atoms with Crippen LogP contribution in [0.4, 0.5) is 0 Å². The van der Waals surface area contributed by atoms with Gasteiger partial charge < -0.3 is 9.30 Å². The molecule has 0 aliphatic heterocycles. The topological polar surface area (TPSA) is 76.5 Å². The summed E-state index contributed by atoms with van der Waals surface area (Å²) in [4.78, 5) is 4.12. The van der Waals surface area contributed by atoms with Crippen molar-refractivity contribution >= 4 is 21.1 Å². The molecule has 2 aromatic carbocycles. The Morgan fingerprint density at radius 1 is 1.03 bits per heavy atom. The highest BCUT2D eigenvalue weighted by Crippen LogP contribution is 2.29. The van der Waals surface area contributed by atoms with E-state index in [1.54, 1.807) is 19.5 Å². The number of ether oxygens (including phenoxy) is 1. The SMILES string of the molecule is COc1cccc(Cn2cc(CCNS(=O)(=O)N(C)C)c3ccc(-c4ccncc4)cc32)c1. The molecule has 4 aromatic rings. The Morgan fingerprint density at radius 3 is 2.55 bits per heavy atom. The molecule has 0 unspecified atom stereocenters. The van der Waals surface area contributed by atoms with Crippen molar-refractivity contribution in [1.82, 2.24) is 18.6 Å². The molecule has 0 amide bonds. The number of pyridine rings is 1. The van der Waals surface area contributed by atoms with Gasteiger partial charge in [0.1, 0.15) is 5.75 Å². The molecule has 0 aliphatic carbocycles. The standard InChI is InChI=1S/C25H28N4O3S/c1-28(2)33(30,31)27-14-11-22-18-29(17-19-5-4-6-23(15-19)32-3)25-16-21(7-8-24(22)25)20-9-12-26-13-10-20/h4-10,12-13,15-16,18,27H,11,14,17H2,1-3H3. The van der Waals surface area contributed by atoms with E-state index in [0.29, 0.717) is 19.5 Å². The predicted octanol–water partition coefficient (Wildman–Crippen LogP) is 3.70. The van der Waals surface area contributed by atoms with Crippen LogP contribution >= 0.6 is 0 Å². The zero-order valence-corrected chi connectivity index (χ0v) is 19.8. The van der Waals surface area contributed by atoms with Gasteiger partial charge in [-0.15, -0.1) is 0 Å². The molecule has 0 atom stereocenters. The van der Waals surface area contributed by atoms with E-state index in [1.165, 1.54) is 18.4 Å². The fraction of sp³-hybridized carbons (Fsp3) is 0.240. The van der Waals surface area contributed by atoms with Gasteiger partial charge in [-0.1, -0.05) is 24.3 Å². The lowest BCUT2D eigenvalue weighted by Crippen LogP contribution is -2.36. The molecule has 0 aliphatic rings. The van der Waals surface area contributed by atoms with Gasteiger partial charge in [0.05, 0.1) is 7.11 Å². The zero-order valence-electron chi connectivity index (χ0n) is 19.0. The van der Waals surface area contributed by atoms with E-state index in [2.05, 4.69) is 44.7 Å². The van der Waals surface area contributed by atoms with Crippen molar-refractivity contribution in [3.8, 4) is 16.9 Å². The normalized spacial score (nSPS) is 11.9. The summed E-state index contributed by atoms with van der Waals surface area (Å²) in [5, 5.41) is 1.11. The highest BCUT2D eigenvalue weighted by molar-refractivity contribution is 7.87. The lowest BCUT2D eigenvalue weighted by atomic mass is 10.0. The first-order chi connectivity index (χ1) is 15.9. The fourth-order valence-electron chi connectivity index (χ4n) is 3.83. The van der Waals surface area contributed by atoms with E-state index >= 15 is 0 Å². The maximum absolute atomic E-state index is 12.1. The van der Waals surface area contributed by atoms with Crippen LogP contribution in [-0.4, -0.2) is 50.0 Å². The van der Waals surface area contributed by atoms with Gasteiger partial charge in [-0.3, -0.25) is 4.98 Å². The number of fused-ring (bicyclic) bond motifs is 1. The lowest BCUT2D eigenvalue weighted by Gasteiger charge is -2.11. The summed E-state index contributed by atoms with van der Waals surface area (Å²) < 4.78 is 35.6. The summed E-state index contributed by atoms with van der Waals surface area (Å²) in [6, 6.07) is 18.4. The van der Waals surface area contributed by atoms with Crippen LogP contribution in [-0.2, 0) is 23.2 Å². The van der Waals surface area contributed by atoms with Crippen LogP contribution in [0.3, 0.4) is 0 Å². The Bertz CT molecular complexity index is 1350. The molecule has 4 rings (SSSR count). The van der Waals surface area contributed by atoms with Gasteiger partial charge in [0, 0.05) is 56.7 Å². The van der Waals surface area contributed by atoms with Crippen molar-refractivity contribution < 1.29 is 13.2 Å². The van der Waals surface area contributed by atoms with Crippen LogP contribution in [0, 0.1) is 0 Å². The first kappa shape index (κ1) is 23.0. The largest absolute Gasteiger partial charge is 0.497 e. The van der Waals surface area contributed by atoms with Crippen molar-refractivity contribution in [1.29, 1.82) is 0 Å². The number of nitrogens with zero attached hydrogens (tertiary/aromatic N) is 3. The van der Waals surface area contributed by atoms with Crippen molar-refractivity contribution in [2.24, 2.45) is 0 Å². The number of rotatable bonds is 9. The smallest absolute Gasteiger partial charge is 0.278 e. The van der Waals surface area contributed by atoms with Crippen LogP contribution in [0.25, 0.3) is 22.0 Å². The summed E-state index contributed by atoms with van der Waals surface area (Å²) in [5.74, 6) is 0.819. The summed E-state index contributed by atoms with van der Waals surface area (Å²) in [7, 11) is 1.24. The molecule has 0 saturated carbocycles. The minimum atomic E-state index is -3.46. The van der Waals surface area contributed by atoms with Gasteiger partial charge in [-0.25, -0.2) is 4.72 Å². The van der Waals surface area contributed by atoms with Crippen LogP contribution < -0.4 is 9.46 Å². The molecule has 172 valence electrons. The zero-order chi connectivity index (χ0) is 23.4. The molecule has 2 heterocycles. The molecule has 33 heavy (non-hydrogen) atoms. The Labute approximate surface area is 194 Å². The molecular weight excluding hydrogens is 436 g/mol. The van der Waals surface area contributed by atoms with Crippen LogP contribution in [0.1, 0.15) is 11.1 Å². The van der Waals surface area contributed by atoms with Crippen molar-refractivity contribution in [2.45, 2.75) is 13.0 Å². The highest BCUT2D eigenvalue weighted by Gasteiger charge is 2.15. The fourth-order valence-corrected chi connectivity index (χ4v) is 4.45. The Balaban J connectivity index is 1.70. The average Bonchev–Trinajstić information content (AvgIpc) is 3.16. The number of benzene rings is 2. The van der Waals surface area contributed by atoms with Gasteiger partial charge >= 0.3 is 0 Å². The maximum atomic E-state index is 12.1. The van der Waals surface area contributed by atoms with Crippen molar-refractivity contribution in [3.05, 3.63) is 84.3 Å². The van der Waals surface area contributed by atoms with Crippen LogP contribution in [0.2, 0.25) is 0 Å². The number of aromatic nitrogens is 2. The van der Waals surface area contributed by atoms with E-state index < -0.39 is 10.2 Å². The second-order valence-electron chi connectivity index (χ2n) is 8.03. The Morgan fingerprint density at radius 2 is 1.82 bits per heavy atom. The third-order valence-corrected chi connectivity index (χ3v) is 7.16. The van der Waals surface area contributed by atoms with E-state index in [1.807, 2.05) is 30.3 Å². The second kappa shape index (κ2) is 9.74. The number of hydrogen-bond acceptors (Lipinski definition) is 4. The van der Waals surface area contributed by atoms with E-state index in [-0.39, 0.29) is 0 Å². The second-order valence-corrected chi connectivity index (χ2v) is 10.0. The summed E-state index contributed by atoms with van der Waals surface area (Å²) in [5.41, 5.74) is 5.52. The lowest BCUT2D eigenvalue weighted by molar-refractivity contribution is 0.414. The molecule has 0 spiro atoms.